The van der Waals surface area contributed by atoms with E-state index in [9.17, 15) is 0 Å². The van der Waals surface area contributed by atoms with Crippen LogP contribution in [-0.2, 0) is 25.8 Å². The van der Waals surface area contributed by atoms with Gasteiger partial charge < -0.3 is 9.88 Å². The summed E-state index contributed by atoms with van der Waals surface area (Å²) in [5.74, 6) is 0. The molecular formula is C26H27ClN4. The third-order valence-electron chi connectivity index (χ3n) is 6.43. The number of halogens is 1. The second-order valence-electron chi connectivity index (χ2n) is 8.08. The smallest absolute Gasteiger partial charge is 0.0800 e. The van der Waals surface area contributed by atoms with Crippen LogP contribution in [0.2, 0.25) is 5.02 Å². The molecule has 1 aliphatic rings. The van der Waals surface area contributed by atoms with E-state index in [0.717, 1.165) is 53.8 Å². The second-order valence-corrected chi connectivity index (χ2v) is 8.49. The lowest BCUT2D eigenvalue weighted by molar-refractivity contribution is 0.353. The molecule has 5 rings (SSSR count). The lowest BCUT2D eigenvalue weighted by Crippen LogP contribution is -2.25. The molecule has 0 saturated heterocycles. The molecule has 0 atom stereocenters. The molecule has 31 heavy (non-hydrogen) atoms. The minimum Gasteiger partial charge on any atom is -0.373 e. The van der Waals surface area contributed by atoms with E-state index in [0.29, 0.717) is 0 Å². The Morgan fingerprint density at radius 2 is 1.90 bits per heavy atom. The molecule has 4 aromatic rings. The summed E-state index contributed by atoms with van der Waals surface area (Å²) in [4.78, 5) is 5.58. The number of aryl methyl sites for hydroxylation is 2. The molecule has 0 amide bonds. The molecule has 5 heteroatoms. The van der Waals surface area contributed by atoms with Crippen molar-refractivity contribution in [2.24, 2.45) is 0 Å². The molecule has 1 aliphatic heterocycles. The maximum Gasteiger partial charge on any atom is 0.0800 e. The van der Waals surface area contributed by atoms with Gasteiger partial charge in [0.05, 0.1) is 27.6 Å². The van der Waals surface area contributed by atoms with Crippen LogP contribution in [0.1, 0.15) is 36.2 Å². The molecule has 0 fully saturated rings. The Labute approximate surface area is 188 Å². The van der Waals surface area contributed by atoms with Crippen molar-refractivity contribution in [2.75, 3.05) is 6.54 Å². The summed E-state index contributed by atoms with van der Waals surface area (Å²) in [6, 6.07) is 12.8. The predicted molar refractivity (Wildman–Crippen MR) is 129 cm³/mol. The van der Waals surface area contributed by atoms with Gasteiger partial charge in [0.15, 0.2) is 0 Å². The van der Waals surface area contributed by atoms with Crippen LogP contribution < -0.4 is 0 Å². The molecule has 0 saturated carbocycles. The quantitative estimate of drug-likeness (QED) is 0.403. The number of hydrogen-bond donors (Lipinski definition) is 1. The molecule has 0 aliphatic carbocycles. The van der Waals surface area contributed by atoms with Gasteiger partial charge in [0.1, 0.15) is 0 Å². The number of nitrogens with zero attached hydrogens (tertiary/aromatic N) is 3. The van der Waals surface area contributed by atoms with Gasteiger partial charge in [-0.05, 0) is 42.3 Å². The van der Waals surface area contributed by atoms with Crippen molar-refractivity contribution in [2.45, 2.75) is 39.7 Å². The first-order valence-corrected chi connectivity index (χ1v) is 11.4. The van der Waals surface area contributed by atoms with Crippen LogP contribution in [0.5, 0.6) is 0 Å². The van der Waals surface area contributed by atoms with Crippen LogP contribution in [0.15, 0.2) is 55.4 Å². The summed E-state index contributed by atoms with van der Waals surface area (Å²) in [5.41, 5.74) is 9.62. The number of aromatic nitrogens is 3. The van der Waals surface area contributed by atoms with Gasteiger partial charge >= 0.3 is 0 Å². The summed E-state index contributed by atoms with van der Waals surface area (Å²) in [6.07, 6.45) is 6.75. The zero-order valence-corrected chi connectivity index (χ0v) is 18.8. The third-order valence-corrected chi connectivity index (χ3v) is 6.74. The average molecular weight is 431 g/mol. The first-order chi connectivity index (χ1) is 15.2. The average Bonchev–Trinajstić information content (AvgIpc) is 3.44. The predicted octanol–water partition coefficient (Wildman–Crippen LogP) is 6.30. The Morgan fingerprint density at radius 1 is 1.13 bits per heavy atom. The molecular weight excluding hydrogens is 404 g/mol. The molecule has 158 valence electrons. The van der Waals surface area contributed by atoms with E-state index >= 15 is 0 Å². The van der Waals surface area contributed by atoms with Crippen LogP contribution in [0, 0.1) is 0 Å². The fourth-order valence-electron chi connectivity index (χ4n) is 4.80. The number of para-hydroxylation sites is 1. The maximum atomic E-state index is 6.50. The molecule has 3 heterocycles. The fourth-order valence-corrected chi connectivity index (χ4v) is 5.02. The molecule has 0 unspecified atom stereocenters. The Bertz CT molecular complexity index is 1260. The van der Waals surface area contributed by atoms with Crippen molar-refractivity contribution in [1.29, 1.82) is 0 Å². The van der Waals surface area contributed by atoms with E-state index in [2.05, 4.69) is 65.3 Å². The van der Waals surface area contributed by atoms with Gasteiger partial charge in [-0.2, -0.15) is 5.10 Å². The van der Waals surface area contributed by atoms with E-state index in [1.807, 2.05) is 18.5 Å². The van der Waals surface area contributed by atoms with E-state index in [-0.39, 0.29) is 0 Å². The number of aromatic amines is 1. The van der Waals surface area contributed by atoms with Crippen molar-refractivity contribution >= 4 is 22.5 Å². The first-order valence-electron chi connectivity index (χ1n) is 11.0. The van der Waals surface area contributed by atoms with Gasteiger partial charge in [-0.25, -0.2) is 4.68 Å². The standard InChI is InChI=1S/C26H27ClN4/c1-4-17-8-7-9-18(5-2)25(17)31-26(21-16-30(6-3)15-13-23(21)29-31)20-10-11-22(27)24-19(20)12-14-28-24/h6-12,14,28H,3-5,13,15-16H2,1-2H3. The Balaban J connectivity index is 1.86. The van der Waals surface area contributed by atoms with Crippen LogP contribution in [-0.4, -0.2) is 26.2 Å². The van der Waals surface area contributed by atoms with Gasteiger partial charge in [-0.1, -0.05) is 56.3 Å². The van der Waals surface area contributed by atoms with Crippen molar-refractivity contribution in [3.63, 3.8) is 0 Å². The normalized spacial score (nSPS) is 13.6. The minimum absolute atomic E-state index is 0.736. The lowest BCUT2D eigenvalue weighted by Gasteiger charge is -2.25. The van der Waals surface area contributed by atoms with E-state index < -0.39 is 0 Å². The zero-order chi connectivity index (χ0) is 21.5. The van der Waals surface area contributed by atoms with Gasteiger partial charge in [-0.3, -0.25) is 0 Å². The largest absolute Gasteiger partial charge is 0.373 e. The number of H-pyrrole nitrogens is 1. The van der Waals surface area contributed by atoms with Gasteiger partial charge in [0, 0.05) is 42.2 Å². The highest BCUT2D eigenvalue weighted by atomic mass is 35.5. The van der Waals surface area contributed by atoms with E-state index in [4.69, 9.17) is 16.7 Å². The van der Waals surface area contributed by atoms with Crippen molar-refractivity contribution in [3.05, 3.63) is 82.8 Å². The molecule has 2 aromatic heterocycles. The van der Waals surface area contributed by atoms with Crippen LogP contribution >= 0.6 is 11.6 Å². The first kappa shape index (κ1) is 20.0. The summed E-state index contributed by atoms with van der Waals surface area (Å²) in [5, 5.41) is 7.07. The molecule has 0 spiro atoms. The third kappa shape index (κ3) is 3.17. The number of hydrogen-bond acceptors (Lipinski definition) is 2. The highest BCUT2D eigenvalue weighted by molar-refractivity contribution is 6.35. The highest BCUT2D eigenvalue weighted by Crippen LogP contribution is 2.39. The van der Waals surface area contributed by atoms with E-state index in [1.54, 1.807) is 0 Å². The Morgan fingerprint density at radius 3 is 2.61 bits per heavy atom. The Kier molecular flexibility index (Phi) is 5.11. The fraction of sp³-hybridized carbons (Fsp3) is 0.269. The van der Waals surface area contributed by atoms with Gasteiger partial charge in [0.2, 0.25) is 0 Å². The summed E-state index contributed by atoms with van der Waals surface area (Å²) in [6.45, 7) is 10.2. The summed E-state index contributed by atoms with van der Waals surface area (Å²) < 4.78 is 2.21. The van der Waals surface area contributed by atoms with Crippen molar-refractivity contribution < 1.29 is 0 Å². The zero-order valence-electron chi connectivity index (χ0n) is 18.1. The minimum atomic E-state index is 0.736. The molecule has 1 N–H and O–H groups in total. The number of fused-ring (bicyclic) bond motifs is 2. The van der Waals surface area contributed by atoms with Gasteiger partial charge in [-0.15, -0.1) is 0 Å². The molecule has 0 bridgehead atoms. The van der Waals surface area contributed by atoms with Crippen LogP contribution in [0.4, 0.5) is 0 Å². The SMILES string of the molecule is C=CN1CCc2nn(-c3c(CC)cccc3CC)c(-c3ccc(Cl)c4[nH]ccc34)c2C1. The lowest BCUT2D eigenvalue weighted by atomic mass is 9.97. The molecule has 4 nitrogen and oxygen atoms in total. The second kappa shape index (κ2) is 7.93. The Hall–Kier alpha value is -2.98. The highest BCUT2D eigenvalue weighted by Gasteiger charge is 2.27. The number of benzene rings is 2. The summed E-state index contributed by atoms with van der Waals surface area (Å²) in [7, 11) is 0. The number of rotatable bonds is 5. The number of nitrogens with one attached hydrogen (secondary N) is 1. The maximum absolute atomic E-state index is 6.50. The van der Waals surface area contributed by atoms with E-state index in [1.165, 1.54) is 33.8 Å². The topological polar surface area (TPSA) is 36.9 Å². The van der Waals surface area contributed by atoms with Crippen LogP contribution in [0.3, 0.4) is 0 Å². The molecule has 2 aromatic carbocycles. The van der Waals surface area contributed by atoms with Gasteiger partial charge in [0.25, 0.3) is 0 Å². The van der Waals surface area contributed by atoms with Crippen molar-refractivity contribution in [1.82, 2.24) is 19.7 Å². The van der Waals surface area contributed by atoms with Crippen LogP contribution in [0.25, 0.3) is 27.8 Å². The molecule has 0 radical (unpaired) electrons. The van der Waals surface area contributed by atoms with Crippen molar-refractivity contribution in [3.8, 4) is 16.9 Å². The summed E-state index contributed by atoms with van der Waals surface area (Å²) >= 11 is 6.50. The monoisotopic (exact) mass is 430 g/mol.